The van der Waals surface area contributed by atoms with Gasteiger partial charge in [0.1, 0.15) is 0 Å². The third kappa shape index (κ3) is 2.30. The van der Waals surface area contributed by atoms with Gasteiger partial charge in [0.05, 0.1) is 0 Å². The molecule has 3 heterocycles. The summed E-state index contributed by atoms with van der Waals surface area (Å²) in [7, 11) is 0. The van der Waals surface area contributed by atoms with Crippen LogP contribution >= 0.6 is 0 Å². The van der Waals surface area contributed by atoms with E-state index in [1.54, 1.807) is 0 Å². The van der Waals surface area contributed by atoms with Crippen molar-refractivity contribution in [2.75, 3.05) is 0 Å². The van der Waals surface area contributed by atoms with Crippen molar-refractivity contribution in [3.8, 4) is 0 Å². The lowest BCUT2D eigenvalue weighted by Crippen LogP contribution is -2.38. The van der Waals surface area contributed by atoms with Crippen molar-refractivity contribution >= 4 is 0 Å². The Morgan fingerprint density at radius 1 is 1.00 bits per heavy atom. The van der Waals surface area contributed by atoms with E-state index in [1.165, 1.54) is 38.5 Å². The first-order valence-electron chi connectivity index (χ1n) is 7.42. The van der Waals surface area contributed by atoms with Crippen LogP contribution in [0.4, 0.5) is 0 Å². The van der Waals surface area contributed by atoms with Gasteiger partial charge in [0.2, 0.25) is 5.89 Å². The standard InChI is InChI=1S/C14H21N3O/c1-2-9(1)7-13-16-14(18-17-13)8-10-5-11-3-4-12(6-10)15-11/h9-12,15H,1-8H2. The van der Waals surface area contributed by atoms with Gasteiger partial charge in [-0.3, -0.25) is 0 Å². The predicted molar refractivity (Wildman–Crippen MR) is 67.1 cm³/mol. The first-order chi connectivity index (χ1) is 8.85. The molecule has 2 saturated heterocycles. The van der Waals surface area contributed by atoms with Gasteiger partial charge in [-0.1, -0.05) is 5.16 Å². The summed E-state index contributed by atoms with van der Waals surface area (Å²) in [6, 6.07) is 1.50. The summed E-state index contributed by atoms with van der Waals surface area (Å²) < 4.78 is 5.41. The summed E-state index contributed by atoms with van der Waals surface area (Å²) in [6.07, 6.45) is 10.0. The van der Waals surface area contributed by atoms with Crippen molar-refractivity contribution in [1.29, 1.82) is 0 Å². The maximum absolute atomic E-state index is 5.41. The zero-order chi connectivity index (χ0) is 11.9. The highest BCUT2D eigenvalue weighted by Gasteiger charge is 2.34. The molecular weight excluding hydrogens is 226 g/mol. The Labute approximate surface area is 108 Å². The molecule has 1 saturated carbocycles. The highest BCUT2D eigenvalue weighted by atomic mass is 16.5. The van der Waals surface area contributed by atoms with Gasteiger partial charge < -0.3 is 9.84 Å². The molecule has 2 unspecified atom stereocenters. The maximum Gasteiger partial charge on any atom is 0.226 e. The summed E-state index contributed by atoms with van der Waals surface area (Å²) in [6.45, 7) is 0. The molecule has 1 N–H and O–H groups in total. The number of hydrogen-bond acceptors (Lipinski definition) is 4. The smallest absolute Gasteiger partial charge is 0.226 e. The minimum absolute atomic E-state index is 0.748. The Balaban J connectivity index is 1.37. The summed E-state index contributed by atoms with van der Waals surface area (Å²) in [5.74, 6) is 3.39. The Hall–Kier alpha value is -0.900. The van der Waals surface area contributed by atoms with Crippen molar-refractivity contribution < 1.29 is 4.52 Å². The van der Waals surface area contributed by atoms with Crippen LogP contribution in [0.15, 0.2) is 4.52 Å². The third-order valence-corrected chi connectivity index (χ3v) is 4.71. The summed E-state index contributed by atoms with van der Waals surface area (Å²) in [4.78, 5) is 4.56. The summed E-state index contributed by atoms with van der Waals surface area (Å²) in [5, 5.41) is 7.79. The van der Waals surface area contributed by atoms with Crippen LogP contribution in [0.2, 0.25) is 0 Å². The van der Waals surface area contributed by atoms with Crippen molar-refractivity contribution in [2.45, 2.75) is 63.5 Å². The molecule has 98 valence electrons. The van der Waals surface area contributed by atoms with Gasteiger partial charge in [-0.25, -0.2) is 0 Å². The quantitative estimate of drug-likeness (QED) is 0.885. The minimum atomic E-state index is 0.748. The Morgan fingerprint density at radius 3 is 2.50 bits per heavy atom. The first-order valence-corrected chi connectivity index (χ1v) is 7.42. The van der Waals surface area contributed by atoms with Crippen molar-refractivity contribution in [3.05, 3.63) is 11.7 Å². The number of rotatable bonds is 4. The zero-order valence-corrected chi connectivity index (χ0v) is 10.8. The summed E-state index contributed by atoms with van der Waals surface area (Å²) >= 11 is 0. The second kappa shape index (κ2) is 4.34. The van der Waals surface area contributed by atoms with Gasteiger partial charge in [0.15, 0.2) is 5.82 Å². The van der Waals surface area contributed by atoms with Crippen molar-refractivity contribution in [2.24, 2.45) is 11.8 Å². The molecule has 1 aromatic rings. The molecule has 3 fully saturated rings. The average molecular weight is 247 g/mol. The molecular formula is C14H21N3O. The highest BCUT2D eigenvalue weighted by Crippen LogP contribution is 2.33. The average Bonchev–Trinajstić information content (AvgIpc) is 2.96. The van der Waals surface area contributed by atoms with E-state index in [-0.39, 0.29) is 0 Å². The lowest BCUT2D eigenvalue weighted by Gasteiger charge is -2.28. The largest absolute Gasteiger partial charge is 0.339 e. The molecule has 4 rings (SSSR count). The van der Waals surface area contributed by atoms with Gasteiger partial charge >= 0.3 is 0 Å². The van der Waals surface area contributed by atoms with Crippen LogP contribution in [0.5, 0.6) is 0 Å². The number of piperidine rings is 1. The van der Waals surface area contributed by atoms with E-state index in [4.69, 9.17) is 4.52 Å². The first kappa shape index (κ1) is 11.0. The van der Waals surface area contributed by atoms with E-state index < -0.39 is 0 Å². The van der Waals surface area contributed by atoms with Gasteiger partial charge in [0, 0.05) is 24.9 Å². The zero-order valence-electron chi connectivity index (χ0n) is 10.8. The molecule has 0 amide bonds. The molecule has 0 radical (unpaired) electrons. The molecule has 2 aliphatic heterocycles. The fourth-order valence-electron chi connectivity index (χ4n) is 3.62. The lowest BCUT2D eigenvalue weighted by atomic mass is 9.90. The van der Waals surface area contributed by atoms with Crippen LogP contribution in [0, 0.1) is 11.8 Å². The van der Waals surface area contributed by atoms with Crippen molar-refractivity contribution in [3.63, 3.8) is 0 Å². The number of aromatic nitrogens is 2. The monoisotopic (exact) mass is 247 g/mol. The molecule has 1 aliphatic carbocycles. The molecule has 2 atom stereocenters. The SMILES string of the molecule is C1CC1Cc1noc(CC2CC3CCC(C2)N3)n1. The van der Waals surface area contributed by atoms with E-state index in [2.05, 4.69) is 15.5 Å². The number of nitrogens with one attached hydrogen (secondary N) is 1. The van der Waals surface area contributed by atoms with E-state index >= 15 is 0 Å². The fourth-order valence-corrected chi connectivity index (χ4v) is 3.62. The van der Waals surface area contributed by atoms with Crippen LogP contribution in [-0.2, 0) is 12.8 Å². The van der Waals surface area contributed by atoms with E-state index in [0.717, 1.165) is 48.5 Å². The number of nitrogens with zero attached hydrogens (tertiary/aromatic N) is 2. The van der Waals surface area contributed by atoms with Gasteiger partial charge in [-0.05, 0) is 50.4 Å². The van der Waals surface area contributed by atoms with Gasteiger partial charge in [0.25, 0.3) is 0 Å². The topological polar surface area (TPSA) is 51.0 Å². The predicted octanol–water partition coefficient (Wildman–Crippen LogP) is 2.10. The number of fused-ring (bicyclic) bond motifs is 2. The molecule has 2 bridgehead atoms. The second-order valence-corrected chi connectivity index (χ2v) is 6.43. The molecule has 4 nitrogen and oxygen atoms in total. The van der Waals surface area contributed by atoms with Gasteiger partial charge in [-0.2, -0.15) is 4.98 Å². The lowest BCUT2D eigenvalue weighted by molar-refractivity contribution is 0.270. The third-order valence-electron chi connectivity index (χ3n) is 4.71. The van der Waals surface area contributed by atoms with Crippen LogP contribution in [0.3, 0.4) is 0 Å². The van der Waals surface area contributed by atoms with E-state index in [1.807, 2.05) is 0 Å². The molecule has 0 aromatic carbocycles. The molecule has 4 heteroatoms. The molecule has 1 aromatic heterocycles. The van der Waals surface area contributed by atoms with Crippen LogP contribution < -0.4 is 5.32 Å². The minimum Gasteiger partial charge on any atom is -0.339 e. The number of hydrogen-bond donors (Lipinski definition) is 1. The van der Waals surface area contributed by atoms with Crippen LogP contribution in [0.25, 0.3) is 0 Å². The maximum atomic E-state index is 5.41. The molecule has 18 heavy (non-hydrogen) atoms. The van der Waals surface area contributed by atoms with Crippen molar-refractivity contribution in [1.82, 2.24) is 15.5 Å². The summed E-state index contributed by atoms with van der Waals surface area (Å²) in [5.41, 5.74) is 0. The fraction of sp³-hybridized carbons (Fsp3) is 0.857. The Kier molecular flexibility index (Phi) is 2.64. The highest BCUT2D eigenvalue weighted by molar-refractivity contribution is 4.97. The van der Waals surface area contributed by atoms with E-state index in [0.29, 0.717) is 0 Å². The Morgan fingerprint density at radius 2 is 1.78 bits per heavy atom. The second-order valence-electron chi connectivity index (χ2n) is 6.43. The molecule has 3 aliphatic rings. The normalized spacial score (nSPS) is 35.0. The molecule has 0 spiro atoms. The Bertz CT molecular complexity index is 414. The van der Waals surface area contributed by atoms with Crippen LogP contribution in [-0.4, -0.2) is 22.2 Å². The van der Waals surface area contributed by atoms with Crippen LogP contribution in [0.1, 0.15) is 50.2 Å². The van der Waals surface area contributed by atoms with Gasteiger partial charge in [-0.15, -0.1) is 0 Å². The van der Waals surface area contributed by atoms with E-state index in [9.17, 15) is 0 Å².